The van der Waals surface area contributed by atoms with Crippen LogP contribution >= 0.6 is 0 Å². The Balaban J connectivity index is 4.68. The van der Waals surface area contributed by atoms with Crippen molar-refractivity contribution in [3.05, 3.63) is 0 Å². The standard InChI is InChI=1S/C20H48N2OSi2/c1-5-24(6-2,19-15-11-9-13-17-21)23-25(7-3,8-4)20-16-12-10-14-18-22/h5-22H2,1-4H3. The largest absolute Gasteiger partial charge is 0.455 e. The van der Waals surface area contributed by atoms with Crippen molar-refractivity contribution in [3.8, 4) is 0 Å². The van der Waals surface area contributed by atoms with E-state index in [1.807, 2.05) is 0 Å². The van der Waals surface area contributed by atoms with Gasteiger partial charge in [0, 0.05) is 0 Å². The molecule has 5 heteroatoms. The van der Waals surface area contributed by atoms with Crippen molar-refractivity contribution in [2.24, 2.45) is 11.5 Å². The van der Waals surface area contributed by atoms with Crippen LogP contribution < -0.4 is 11.5 Å². The minimum Gasteiger partial charge on any atom is -0.455 e. The Kier molecular flexibility index (Phi) is 15.6. The lowest BCUT2D eigenvalue weighted by molar-refractivity contribution is 0.492. The van der Waals surface area contributed by atoms with Crippen LogP contribution in [0.3, 0.4) is 0 Å². The van der Waals surface area contributed by atoms with Gasteiger partial charge in [-0.15, -0.1) is 0 Å². The van der Waals surface area contributed by atoms with Crippen molar-refractivity contribution in [3.63, 3.8) is 0 Å². The molecule has 0 aliphatic rings. The van der Waals surface area contributed by atoms with Crippen molar-refractivity contribution in [2.75, 3.05) is 13.1 Å². The molecule has 0 saturated carbocycles. The van der Waals surface area contributed by atoms with Gasteiger partial charge >= 0.3 is 0 Å². The molecule has 0 amide bonds. The van der Waals surface area contributed by atoms with Gasteiger partial charge in [0.25, 0.3) is 0 Å². The van der Waals surface area contributed by atoms with E-state index >= 15 is 0 Å². The zero-order valence-electron chi connectivity index (χ0n) is 17.9. The molecule has 0 aliphatic heterocycles. The highest BCUT2D eigenvalue weighted by molar-refractivity contribution is 6.87. The fourth-order valence-electron chi connectivity index (χ4n) is 3.95. The summed E-state index contributed by atoms with van der Waals surface area (Å²) in [6, 6.07) is 7.91. The Hall–Kier alpha value is 0.314. The SMILES string of the molecule is CC[Si](CC)(CCCCCCN)O[Si](CC)(CC)CCCCCCN. The summed E-state index contributed by atoms with van der Waals surface area (Å²) in [7, 11) is -3.09. The number of rotatable bonds is 18. The van der Waals surface area contributed by atoms with E-state index in [2.05, 4.69) is 27.7 Å². The molecule has 3 nitrogen and oxygen atoms in total. The van der Waals surface area contributed by atoms with E-state index in [9.17, 15) is 0 Å². The summed E-state index contributed by atoms with van der Waals surface area (Å²) < 4.78 is 7.26. The zero-order valence-corrected chi connectivity index (χ0v) is 19.9. The molecule has 0 fully saturated rings. The maximum Gasteiger partial charge on any atom is 0.179 e. The van der Waals surface area contributed by atoms with E-state index in [-0.39, 0.29) is 0 Å². The summed E-state index contributed by atoms with van der Waals surface area (Å²) in [5.41, 5.74) is 11.3. The van der Waals surface area contributed by atoms with Crippen molar-refractivity contribution in [1.29, 1.82) is 0 Å². The Labute approximate surface area is 160 Å². The summed E-state index contributed by atoms with van der Waals surface area (Å²) in [4.78, 5) is 0. The third kappa shape index (κ3) is 10.3. The Morgan fingerprint density at radius 2 is 0.840 bits per heavy atom. The maximum atomic E-state index is 7.26. The van der Waals surface area contributed by atoms with E-state index in [4.69, 9.17) is 15.6 Å². The molecule has 0 aromatic carbocycles. The molecule has 4 N–H and O–H groups in total. The average Bonchev–Trinajstić information content (AvgIpc) is 2.65. The smallest absolute Gasteiger partial charge is 0.179 e. The zero-order chi connectivity index (χ0) is 19.0. The van der Waals surface area contributed by atoms with E-state index in [0.29, 0.717) is 0 Å². The van der Waals surface area contributed by atoms with Gasteiger partial charge in [-0.2, -0.15) is 0 Å². The lowest BCUT2D eigenvalue weighted by Crippen LogP contribution is -2.50. The highest BCUT2D eigenvalue weighted by atomic mass is 28.4. The normalized spacial score (nSPS) is 12.7. The lowest BCUT2D eigenvalue weighted by atomic mass is 10.2. The Morgan fingerprint density at radius 3 is 1.12 bits per heavy atom. The van der Waals surface area contributed by atoms with Crippen LogP contribution in [0, 0.1) is 0 Å². The van der Waals surface area contributed by atoms with Crippen LogP contribution in [0.15, 0.2) is 0 Å². The second-order valence-corrected chi connectivity index (χ2v) is 17.2. The molecule has 0 aliphatic carbocycles. The fourth-order valence-corrected chi connectivity index (χ4v) is 15.0. The molecule has 0 aromatic heterocycles. The van der Waals surface area contributed by atoms with E-state index in [0.717, 1.165) is 13.1 Å². The van der Waals surface area contributed by atoms with Crippen LogP contribution in [0.2, 0.25) is 36.3 Å². The number of hydrogen-bond donors (Lipinski definition) is 2. The summed E-state index contributed by atoms with van der Waals surface area (Å²) >= 11 is 0. The van der Waals surface area contributed by atoms with Gasteiger partial charge in [-0.3, -0.25) is 0 Å². The third-order valence-corrected chi connectivity index (χ3v) is 17.3. The third-order valence-electron chi connectivity index (χ3n) is 6.18. The monoisotopic (exact) mass is 388 g/mol. The first-order chi connectivity index (χ1) is 12.1. The highest BCUT2D eigenvalue weighted by Crippen LogP contribution is 2.35. The maximum absolute atomic E-state index is 7.26. The summed E-state index contributed by atoms with van der Waals surface area (Å²) in [5, 5.41) is 0. The molecule has 0 saturated heterocycles. The number of nitrogens with two attached hydrogens (primary N) is 2. The van der Waals surface area contributed by atoms with Gasteiger partial charge in [0.05, 0.1) is 0 Å². The van der Waals surface area contributed by atoms with Gasteiger partial charge in [-0.25, -0.2) is 0 Å². The van der Waals surface area contributed by atoms with Crippen LogP contribution in [-0.4, -0.2) is 29.7 Å². The van der Waals surface area contributed by atoms with Gasteiger partial charge in [0.1, 0.15) is 0 Å². The first-order valence-electron chi connectivity index (χ1n) is 11.2. The number of hydrogen-bond acceptors (Lipinski definition) is 3. The van der Waals surface area contributed by atoms with Crippen molar-refractivity contribution in [1.82, 2.24) is 0 Å². The minimum absolute atomic E-state index is 0.840. The molecule has 0 radical (unpaired) electrons. The van der Waals surface area contributed by atoms with Gasteiger partial charge in [-0.05, 0) is 62.2 Å². The average molecular weight is 389 g/mol. The molecule has 0 atom stereocenters. The van der Waals surface area contributed by atoms with Crippen LogP contribution in [0.1, 0.15) is 79.1 Å². The molecule has 152 valence electrons. The quantitative estimate of drug-likeness (QED) is 0.223. The fraction of sp³-hybridized carbons (Fsp3) is 1.00. The molecule has 0 aromatic rings. The van der Waals surface area contributed by atoms with Gasteiger partial charge in [-0.1, -0.05) is 66.2 Å². The molecule has 0 spiro atoms. The molecule has 0 unspecified atom stereocenters. The van der Waals surface area contributed by atoms with Crippen molar-refractivity contribution >= 4 is 16.6 Å². The van der Waals surface area contributed by atoms with E-state index in [1.54, 1.807) is 0 Å². The minimum atomic E-state index is -1.55. The molecule has 25 heavy (non-hydrogen) atoms. The predicted octanol–water partition coefficient (Wildman–Crippen LogP) is 6.01. The summed E-state index contributed by atoms with van der Waals surface area (Å²) in [5.74, 6) is 0. The van der Waals surface area contributed by atoms with Crippen LogP contribution in [0.5, 0.6) is 0 Å². The van der Waals surface area contributed by atoms with Crippen molar-refractivity contribution in [2.45, 2.75) is 115 Å². The second kappa shape index (κ2) is 15.4. The van der Waals surface area contributed by atoms with E-state index in [1.165, 1.54) is 87.6 Å². The van der Waals surface area contributed by atoms with Gasteiger partial charge < -0.3 is 15.6 Å². The first-order valence-corrected chi connectivity index (χ1v) is 16.2. The Bertz CT molecular complexity index is 267. The Morgan fingerprint density at radius 1 is 0.520 bits per heavy atom. The first kappa shape index (κ1) is 25.3. The molecular formula is C20H48N2OSi2. The second-order valence-electron chi connectivity index (χ2n) is 7.79. The van der Waals surface area contributed by atoms with Crippen LogP contribution in [-0.2, 0) is 4.12 Å². The van der Waals surface area contributed by atoms with E-state index < -0.39 is 16.6 Å². The molecule has 0 rings (SSSR count). The summed E-state index contributed by atoms with van der Waals surface area (Å²) in [6.45, 7) is 11.2. The summed E-state index contributed by atoms with van der Waals surface area (Å²) in [6.07, 6.45) is 10.3. The van der Waals surface area contributed by atoms with Gasteiger partial charge in [0.15, 0.2) is 16.6 Å². The van der Waals surface area contributed by atoms with Crippen LogP contribution in [0.4, 0.5) is 0 Å². The molecular weight excluding hydrogens is 340 g/mol. The van der Waals surface area contributed by atoms with Crippen LogP contribution in [0.25, 0.3) is 0 Å². The molecule has 0 heterocycles. The van der Waals surface area contributed by atoms with Gasteiger partial charge in [0.2, 0.25) is 0 Å². The molecule has 0 bridgehead atoms. The number of unbranched alkanes of at least 4 members (excludes halogenated alkanes) is 6. The lowest BCUT2D eigenvalue weighted by Gasteiger charge is -2.41. The van der Waals surface area contributed by atoms with Crippen molar-refractivity contribution < 1.29 is 4.12 Å². The predicted molar refractivity (Wildman–Crippen MR) is 119 cm³/mol. The topological polar surface area (TPSA) is 61.3 Å². The highest BCUT2D eigenvalue weighted by Gasteiger charge is 2.40.